The average Bonchev–Trinajstić information content (AvgIpc) is 1.70. The molecule has 37 nitrogen and oxygen atoms in total. The molecule has 12 N–H and O–H groups in total. The van der Waals surface area contributed by atoms with E-state index in [0.717, 1.165) is 0 Å². The zero-order valence-corrected chi connectivity index (χ0v) is 53.9. The molecule has 8 aromatic heterocycles. The number of carboxylic acids is 1. The zero-order chi connectivity index (χ0) is 70.0. The molecule has 0 aromatic carbocycles. The Bertz CT molecular complexity index is 4360. The van der Waals surface area contributed by atoms with Crippen molar-refractivity contribution in [1.82, 2.24) is 77.7 Å². The molecule has 0 spiro atoms. The van der Waals surface area contributed by atoms with Crippen LogP contribution in [0.25, 0.3) is 0 Å². The molecular weight excluding hydrogens is 1250 g/mol. The maximum atomic E-state index is 13.8. The van der Waals surface area contributed by atoms with Gasteiger partial charge in [-0.05, 0) is 51.5 Å². The summed E-state index contributed by atoms with van der Waals surface area (Å²) < 4.78 is 16.7. The van der Waals surface area contributed by atoms with Crippen LogP contribution in [-0.4, -0.2) is 164 Å². The topological polar surface area (TPSA) is 458 Å². The minimum absolute atomic E-state index is 0.0458. The lowest BCUT2D eigenvalue weighted by Gasteiger charge is -2.23. The predicted molar refractivity (Wildman–Crippen MR) is 343 cm³/mol. The van der Waals surface area contributed by atoms with Crippen molar-refractivity contribution in [2.75, 3.05) is 56.9 Å². The van der Waals surface area contributed by atoms with E-state index < -0.39 is 82.8 Å². The van der Waals surface area contributed by atoms with Crippen LogP contribution in [0.2, 0.25) is 0 Å². The Morgan fingerprint density at radius 1 is 0.438 bits per heavy atom. The average molecular weight is 1330 g/mol. The summed E-state index contributed by atoms with van der Waals surface area (Å²) in [6.07, 6.45) is 11.7. The third kappa shape index (κ3) is 17.7. The van der Waals surface area contributed by atoms with E-state index >= 15 is 0 Å². The van der Waals surface area contributed by atoms with E-state index in [1.165, 1.54) is 128 Å². The van der Waals surface area contributed by atoms with Gasteiger partial charge in [-0.3, -0.25) is 47.9 Å². The van der Waals surface area contributed by atoms with Gasteiger partial charge in [0.15, 0.2) is 23.3 Å². The molecule has 0 fully saturated rings. The largest absolute Gasteiger partial charge is 0.477 e. The Morgan fingerprint density at radius 2 is 0.792 bits per heavy atom. The van der Waals surface area contributed by atoms with Crippen molar-refractivity contribution in [2.24, 2.45) is 56.4 Å². The van der Waals surface area contributed by atoms with Gasteiger partial charge < -0.3 is 105 Å². The first-order chi connectivity index (χ1) is 45.3. The number of hydrogen-bond acceptors (Lipinski definition) is 17. The van der Waals surface area contributed by atoms with Crippen LogP contribution in [0, 0.1) is 0 Å². The fourth-order valence-corrected chi connectivity index (χ4v) is 9.49. The second-order valence-electron chi connectivity index (χ2n) is 22.9. The van der Waals surface area contributed by atoms with E-state index in [-0.39, 0.29) is 119 Å². The van der Waals surface area contributed by atoms with Gasteiger partial charge in [-0.25, -0.2) is 29.5 Å². The van der Waals surface area contributed by atoms with Gasteiger partial charge in [0, 0.05) is 145 Å². The molecule has 0 saturated carbocycles. The molecule has 1 atom stereocenters. The summed E-state index contributed by atoms with van der Waals surface area (Å²) in [5, 5.41) is 38.2. The van der Waals surface area contributed by atoms with Gasteiger partial charge in [-0.15, -0.1) is 0 Å². The second kappa shape index (κ2) is 29.3. The summed E-state index contributed by atoms with van der Waals surface area (Å²) in [6.45, 7) is 4.53. The van der Waals surface area contributed by atoms with Gasteiger partial charge in [0.05, 0.1) is 22.7 Å². The molecule has 8 rings (SSSR count). The van der Waals surface area contributed by atoms with E-state index in [9.17, 15) is 62.6 Å². The number of ether oxygens (including phenoxy) is 1. The van der Waals surface area contributed by atoms with Crippen molar-refractivity contribution in [1.29, 1.82) is 0 Å². The van der Waals surface area contributed by atoms with Crippen LogP contribution in [0.5, 0.6) is 0 Å². The molecule has 0 aliphatic rings. The highest BCUT2D eigenvalue weighted by Gasteiger charge is 2.28. The van der Waals surface area contributed by atoms with Crippen molar-refractivity contribution < 1.29 is 67.4 Å². The summed E-state index contributed by atoms with van der Waals surface area (Å²) in [6, 6.07) is 4.22. The molecule has 37 heteroatoms. The smallest absolute Gasteiger partial charge is 0.408 e. The van der Waals surface area contributed by atoms with Crippen LogP contribution in [0.15, 0.2) is 80.0 Å². The normalized spacial score (nSPS) is 11.4. The number of carboxylic acid groups (broad SMARTS) is 1. The Balaban J connectivity index is 0.784. The SMILES string of the molecule is Cn1cc(NC(=O)c2nc(NC(=O)CCNC(=O)c3cc(NC(=O)c4nc(NC(=O)[C@@H](CCNC(=O)c5cc(NC(=O)c6nc(NC(=O)CCNC(=O)c7cc(NC(=O)c8nccn8C)cn7C)cn6C)cn5C)NC(=O)OC(C)(C)C)cn4C)cn3C)cn2C)cc1C(=O)O. The van der Waals surface area contributed by atoms with Crippen LogP contribution in [0.4, 0.5) is 45.0 Å². The van der Waals surface area contributed by atoms with Gasteiger partial charge in [0.2, 0.25) is 35.2 Å². The summed E-state index contributed by atoms with van der Waals surface area (Å²) in [5.41, 5.74) is 0.414. The number of rotatable bonds is 26. The third-order valence-corrected chi connectivity index (χ3v) is 14.0. The first-order valence-corrected chi connectivity index (χ1v) is 29.3. The van der Waals surface area contributed by atoms with E-state index in [4.69, 9.17) is 4.74 Å². The summed E-state index contributed by atoms with van der Waals surface area (Å²) in [5.74, 6) is -7.41. The highest BCUT2D eigenvalue weighted by molar-refractivity contribution is 6.07. The Hall–Kier alpha value is -12.6. The van der Waals surface area contributed by atoms with Gasteiger partial charge in [-0.1, -0.05) is 0 Å². The molecule has 0 radical (unpaired) electrons. The van der Waals surface area contributed by atoms with Crippen molar-refractivity contribution in [3.63, 3.8) is 0 Å². The minimum Gasteiger partial charge on any atom is -0.477 e. The molecule has 506 valence electrons. The van der Waals surface area contributed by atoms with Crippen LogP contribution in [0.1, 0.15) is 124 Å². The quantitative estimate of drug-likeness (QED) is 0.0368. The molecule has 0 aliphatic heterocycles. The number of hydrogen-bond donors (Lipinski definition) is 12. The Kier molecular flexibility index (Phi) is 21.2. The van der Waals surface area contributed by atoms with Gasteiger partial charge >= 0.3 is 12.1 Å². The fourth-order valence-electron chi connectivity index (χ4n) is 9.49. The maximum absolute atomic E-state index is 13.8. The zero-order valence-electron chi connectivity index (χ0n) is 53.9. The lowest BCUT2D eigenvalue weighted by atomic mass is 10.2. The van der Waals surface area contributed by atoms with E-state index in [2.05, 4.69) is 78.4 Å². The number of nitrogens with zero attached hydrogens (tertiary/aromatic N) is 12. The fraction of sp³-hybridized carbons (Fsp3) is 0.322. The summed E-state index contributed by atoms with van der Waals surface area (Å²) >= 11 is 0. The summed E-state index contributed by atoms with van der Waals surface area (Å²) in [7, 11) is 12.5. The van der Waals surface area contributed by atoms with Crippen LogP contribution >= 0.6 is 0 Å². The molecule has 0 saturated heterocycles. The van der Waals surface area contributed by atoms with Crippen LogP contribution in [-0.2, 0) is 75.5 Å². The monoisotopic (exact) mass is 1330 g/mol. The Labute approximate surface area is 545 Å². The predicted octanol–water partition coefficient (Wildman–Crippen LogP) is 1.85. The van der Waals surface area contributed by atoms with E-state index in [0.29, 0.717) is 5.69 Å². The lowest BCUT2D eigenvalue weighted by Crippen LogP contribution is -2.47. The molecule has 8 aromatic rings. The minimum atomic E-state index is -1.33. The molecule has 96 heavy (non-hydrogen) atoms. The second-order valence-corrected chi connectivity index (χ2v) is 22.9. The third-order valence-electron chi connectivity index (χ3n) is 14.0. The first kappa shape index (κ1) is 69.3. The van der Waals surface area contributed by atoms with Crippen molar-refractivity contribution >= 4 is 111 Å². The van der Waals surface area contributed by atoms with Crippen molar-refractivity contribution in [3.8, 4) is 0 Å². The number of nitrogens with one attached hydrogen (secondary N) is 11. The molecule has 11 amide bonds. The molecule has 0 bridgehead atoms. The number of aromatic carboxylic acids is 1. The number of aromatic nitrogens is 12. The number of amides is 11. The number of anilines is 7. The highest BCUT2D eigenvalue weighted by Crippen LogP contribution is 2.21. The van der Waals surface area contributed by atoms with Crippen LogP contribution in [0.3, 0.4) is 0 Å². The molecule has 8 heterocycles. The van der Waals surface area contributed by atoms with Gasteiger partial charge in [0.25, 0.3) is 41.4 Å². The van der Waals surface area contributed by atoms with E-state index in [1.54, 1.807) is 65.9 Å². The standard InChI is InChI=1S/C59H71N23O14/c1-59(2,3)96-58(95)68-35(12-15-61-50(86)36-21-32(25-77(36)6)65-54(90)46-71-40(28-80(46)9)69-43(83)13-16-62-51(87)37-20-31(24-76(37)5)64-53(89)45-60-18-19-75(45)4)49(85)74-42-30-82(11)48(73-42)56(92)66-33-22-38(78(7)26-33)52(88)63-17-14-44(84)70-41-29-81(10)47(72-41)55(91)67-34-23-39(57(93)94)79(8)27-34/h18-30,35H,12-17H2,1-11H3,(H,61,86)(H,62,87)(H,63,88)(H,64,89)(H,65,90)(H,66,92)(H,67,91)(H,68,95)(H,69,83)(H,70,84)(H,74,85)(H,93,94)/t35-/m1/s1. The number of imidazole rings is 4. The van der Waals surface area contributed by atoms with E-state index in [1.807, 2.05) is 0 Å². The molecular formula is C59H71N23O14. The maximum Gasteiger partial charge on any atom is 0.408 e. The number of alkyl carbamates (subject to hydrolysis) is 1. The number of carbonyl (C=O) groups excluding carboxylic acids is 11. The lowest BCUT2D eigenvalue weighted by molar-refractivity contribution is -0.118. The van der Waals surface area contributed by atoms with Crippen molar-refractivity contribution in [2.45, 2.75) is 51.7 Å². The van der Waals surface area contributed by atoms with Gasteiger partial charge in [0.1, 0.15) is 34.4 Å². The summed E-state index contributed by atoms with van der Waals surface area (Å²) in [4.78, 5) is 173. The highest BCUT2D eigenvalue weighted by atomic mass is 16.6. The Morgan fingerprint density at radius 3 is 1.15 bits per heavy atom. The number of carbonyl (C=O) groups is 12. The van der Waals surface area contributed by atoms with Crippen LogP contribution < -0.4 is 58.5 Å². The first-order valence-electron chi connectivity index (χ1n) is 29.3. The van der Waals surface area contributed by atoms with Crippen molar-refractivity contribution in [3.05, 3.63) is 126 Å². The van der Waals surface area contributed by atoms with Gasteiger partial charge in [-0.2, -0.15) is 0 Å². The molecule has 0 aliphatic carbocycles. The number of aryl methyl sites for hydroxylation is 8. The molecule has 0 unspecified atom stereocenters.